The van der Waals surface area contributed by atoms with E-state index in [2.05, 4.69) is 9.36 Å². The molecule has 0 atom stereocenters. The minimum absolute atomic E-state index is 0.0336. The lowest BCUT2D eigenvalue weighted by atomic mass is 10.3. The molecule has 0 spiro atoms. The maximum absolute atomic E-state index is 9.10. The van der Waals surface area contributed by atoms with E-state index in [9.17, 15) is 0 Å². The molecule has 0 aliphatic carbocycles. The molecule has 2 aromatic heterocycles. The molecule has 0 saturated carbocycles. The van der Waals surface area contributed by atoms with Crippen LogP contribution in [0.3, 0.4) is 0 Å². The molecule has 2 rings (SSSR count). The molecule has 0 radical (unpaired) electrons. The summed E-state index contributed by atoms with van der Waals surface area (Å²) in [5.41, 5.74) is 0.766. The summed E-state index contributed by atoms with van der Waals surface area (Å²) in [6.07, 6.45) is 1.20. The monoisotopic (exact) mass is 182 g/mol. The highest BCUT2D eigenvalue weighted by molar-refractivity contribution is 7.12. The van der Waals surface area contributed by atoms with E-state index < -0.39 is 0 Å². The second-order valence-electron chi connectivity index (χ2n) is 2.39. The quantitative estimate of drug-likeness (QED) is 0.583. The number of rotatable bonds is 0. The van der Waals surface area contributed by atoms with E-state index in [0.29, 0.717) is 14.9 Å². The second kappa shape index (κ2) is 2.28. The zero-order chi connectivity index (χ0) is 8.72. The minimum Gasteiger partial charge on any atom is -0.425 e. The van der Waals surface area contributed by atoms with Gasteiger partial charge in [0.2, 0.25) is 0 Å². The number of fused-ring (bicyclic) bond motifs is 1. The molecular weight excluding hydrogens is 176 g/mol. The lowest BCUT2D eigenvalue weighted by Crippen LogP contribution is -2.17. The van der Waals surface area contributed by atoms with Crippen molar-refractivity contribution in [3.05, 3.63) is 17.5 Å². The fourth-order valence-corrected chi connectivity index (χ4v) is 1.74. The van der Waals surface area contributed by atoms with Crippen molar-refractivity contribution in [3.63, 3.8) is 0 Å². The van der Waals surface area contributed by atoms with Gasteiger partial charge < -0.3 is 5.21 Å². The summed E-state index contributed by atoms with van der Waals surface area (Å²) >= 11 is 1.23. The van der Waals surface area contributed by atoms with Crippen LogP contribution >= 0.6 is 11.5 Å². The van der Waals surface area contributed by atoms with E-state index >= 15 is 0 Å². The van der Waals surface area contributed by atoms with Crippen molar-refractivity contribution < 1.29 is 5.21 Å². The van der Waals surface area contributed by atoms with Gasteiger partial charge in [-0.3, -0.25) is 5.41 Å². The van der Waals surface area contributed by atoms with Crippen molar-refractivity contribution in [2.45, 2.75) is 6.92 Å². The number of aryl methyl sites for hydroxylation is 1. The van der Waals surface area contributed by atoms with Crippen LogP contribution in [0.4, 0.5) is 0 Å². The second-order valence-corrected chi connectivity index (χ2v) is 3.14. The Morgan fingerprint density at radius 1 is 1.67 bits per heavy atom. The molecule has 6 heteroatoms. The molecule has 5 nitrogen and oxygen atoms in total. The lowest BCUT2D eigenvalue weighted by Gasteiger charge is -1.95. The Labute approximate surface area is 71.6 Å². The Morgan fingerprint density at radius 3 is 3.17 bits per heavy atom. The SMILES string of the molecule is Cc1nsc2ncn(O)c(=N)c12. The zero-order valence-electron chi connectivity index (χ0n) is 6.27. The van der Waals surface area contributed by atoms with Crippen molar-refractivity contribution in [1.29, 1.82) is 5.41 Å². The van der Waals surface area contributed by atoms with Crippen molar-refractivity contribution in [2.24, 2.45) is 0 Å². The summed E-state index contributed by atoms with van der Waals surface area (Å²) in [4.78, 5) is 4.59. The van der Waals surface area contributed by atoms with E-state index in [1.54, 1.807) is 6.92 Å². The lowest BCUT2D eigenvalue weighted by molar-refractivity contribution is 0.169. The molecule has 0 amide bonds. The van der Waals surface area contributed by atoms with Gasteiger partial charge in [-0.25, -0.2) is 4.98 Å². The van der Waals surface area contributed by atoms with Crippen molar-refractivity contribution >= 4 is 21.7 Å². The fraction of sp³-hybridized carbons (Fsp3) is 0.167. The molecule has 0 saturated heterocycles. The average molecular weight is 182 g/mol. The Kier molecular flexibility index (Phi) is 1.37. The molecule has 12 heavy (non-hydrogen) atoms. The van der Waals surface area contributed by atoms with Gasteiger partial charge in [0.15, 0.2) is 5.49 Å². The first-order valence-corrected chi connectivity index (χ1v) is 4.05. The first kappa shape index (κ1) is 7.23. The minimum atomic E-state index is 0.0336. The summed E-state index contributed by atoms with van der Waals surface area (Å²) in [6, 6.07) is 0. The number of hydrogen-bond acceptors (Lipinski definition) is 5. The maximum atomic E-state index is 9.10. The van der Waals surface area contributed by atoms with Gasteiger partial charge in [-0.05, 0) is 18.5 Å². The van der Waals surface area contributed by atoms with Crippen LogP contribution in [0.15, 0.2) is 6.33 Å². The highest BCUT2D eigenvalue weighted by Crippen LogP contribution is 2.14. The van der Waals surface area contributed by atoms with Gasteiger partial charge in [0.05, 0.1) is 11.1 Å². The van der Waals surface area contributed by atoms with Crippen LogP contribution in [-0.2, 0) is 0 Å². The fourth-order valence-electron chi connectivity index (χ4n) is 0.998. The third-order valence-electron chi connectivity index (χ3n) is 1.59. The Morgan fingerprint density at radius 2 is 2.42 bits per heavy atom. The van der Waals surface area contributed by atoms with Gasteiger partial charge >= 0.3 is 0 Å². The van der Waals surface area contributed by atoms with Gasteiger partial charge in [0, 0.05) is 0 Å². The highest BCUT2D eigenvalue weighted by Gasteiger charge is 2.06. The highest BCUT2D eigenvalue weighted by atomic mass is 32.1. The van der Waals surface area contributed by atoms with Gasteiger partial charge in [-0.1, -0.05) is 0 Å². The first-order valence-electron chi connectivity index (χ1n) is 3.27. The van der Waals surface area contributed by atoms with Crippen molar-refractivity contribution in [2.75, 3.05) is 0 Å². The summed E-state index contributed by atoms with van der Waals surface area (Å²) < 4.78 is 4.72. The summed E-state index contributed by atoms with van der Waals surface area (Å²) in [5, 5.41) is 17.2. The van der Waals surface area contributed by atoms with Crippen LogP contribution < -0.4 is 5.49 Å². The summed E-state index contributed by atoms with van der Waals surface area (Å²) in [6.45, 7) is 1.79. The third-order valence-corrected chi connectivity index (χ3v) is 2.44. The van der Waals surface area contributed by atoms with E-state index in [4.69, 9.17) is 10.6 Å². The molecule has 2 aromatic rings. The van der Waals surface area contributed by atoms with Crippen LogP contribution in [0.5, 0.6) is 0 Å². The van der Waals surface area contributed by atoms with Gasteiger partial charge in [0.1, 0.15) is 11.2 Å². The van der Waals surface area contributed by atoms with Gasteiger partial charge in [-0.2, -0.15) is 9.10 Å². The predicted molar refractivity (Wildman–Crippen MR) is 43.2 cm³/mol. The Balaban J connectivity index is 3.06. The van der Waals surface area contributed by atoms with Crippen molar-refractivity contribution in [3.8, 4) is 0 Å². The molecule has 0 unspecified atom stereocenters. The number of hydrogen-bond donors (Lipinski definition) is 2. The molecule has 0 aliphatic heterocycles. The average Bonchev–Trinajstić information content (AvgIpc) is 2.41. The Hall–Kier alpha value is -1.43. The normalized spacial score (nSPS) is 10.8. The maximum Gasteiger partial charge on any atom is 0.174 e. The van der Waals surface area contributed by atoms with Crippen LogP contribution in [0, 0.1) is 12.3 Å². The number of nitrogens with one attached hydrogen (secondary N) is 1. The molecule has 0 aromatic carbocycles. The van der Waals surface area contributed by atoms with Crippen LogP contribution in [0.1, 0.15) is 5.69 Å². The molecule has 62 valence electrons. The van der Waals surface area contributed by atoms with Crippen LogP contribution in [0.25, 0.3) is 10.2 Å². The molecular formula is C6H6N4OS. The first-order chi connectivity index (χ1) is 5.70. The zero-order valence-corrected chi connectivity index (χ0v) is 7.09. The van der Waals surface area contributed by atoms with E-state index in [1.165, 1.54) is 17.9 Å². The van der Waals surface area contributed by atoms with Gasteiger partial charge in [0.25, 0.3) is 0 Å². The van der Waals surface area contributed by atoms with Crippen molar-refractivity contribution in [1.82, 2.24) is 14.1 Å². The number of aromatic nitrogens is 3. The van der Waals surface area contributed by atoms with Crippen LogP contribution in [-0.4, -0.2) is 19.3 Å². The number of nitrogens with zero attached hydrogens (tertiary/aromatic N) is 3. The van der Waals surface area contributed by atoms with Crippen LogP contribution in [0.2, 0.25) is 0 Å². The standard InChI is InChI=1S/C6H6N4OS/c1-3-4-5(7)10(11)2-8-6(4)12-9-3/h2,7,11H,1H3. The van der Waals surface area contributed by atoms with E-state index in [0.717, 1.165) is 5.69 Å². The summed E-state index contributed by atoms with van der Waals surface area (Å²) in [5.74, 6) is 0. The van der Waals surface area contributed by atoms with Gasteiger partial charge in [-0.15, -0.1) is 0 Å². The molecule has 0 fully saturated rings. The smallest absolute Gasteiger partial charge is 0.174 e. The Bertz CT molecular complexity index is 486. The molecule has 2 heterocycles. The molecule has 2 N–H and O–H groups in total. The molecule has 0 bridgehead atoms. The van der Waals surface area contributed by atoms with E-state index in [-0.39, 0.29) is 5.49 Å². The topological polar surface area (TPSA) is 74.8 Å². The third kappa shape index (κ3) is 0.814. The molecule has 0 aliphatic rings. The summed E-state index contributed by atoms with van der Waals surface area (Å²) in [7, 11) is 0. The largest absolute Gasteiger partial charge is 0.425 e. The predicted octanol–water partition coefficient (Wildman–Crippen LogP) is 0.518. The van der Waals surface area contributed by atoms with E-state index in [1.807, 2.05) is 0 Å².